The summed E-state index contributed by atoms with van der Waals surface area (Å²) in [6.45, 7) is 9.67. The van der Waals surface area contributed by atoms with E-state index in [4.69, 9.17) is 0 Å². The molecule has 5 nitrogen and oxygen atoms in total. The molecule has 6 heteroatoms. The van der Waals surface area contributed by atoms with Crippen LogP contribution in [0.25, 0.3) is 10.2 Å². The predicted octanol–water partition coefficient (Wildman–Crippen LogP) is 3.45. The molecule has 0 spiro atoms. The molecule has 2 aromatic rings. The van der Waals surface area contributed by atoms with E-state index in [9.17, 15) is 14.7 Å². The zero-order chi connectivity index (χ0) is 17.3. The third-order valence-corrected chi connectivity index (χ3v) is 4.93. The van der Waals surface area contributed by atoms with Crippen molar-refractivity contribution in [3.05, 3.63) is 27.8 Å². The van der Waals surface area contributed by atoms with Crippen LogP contribution in [0.1, 0.15) is 46.8 Å². The van der Waals surface area contributed by atoms with Gasteiger partial charge in [-0.15, -0.1) is 11.3 Å². The van der Waals surface area contributed by atoms with Crippen molar-refractivity contribution in [2.75, 3.05) is 0 Å². The van der Waals surface area contributed by atoms with Crippen LogP contribution in [0.3, 0.4) is 0 Å². The monoisotopic (exact) mass is 334 g/mol. The minimum Gasteiger partial charge on any atom is -0.480 e. The van der Waals surface area contributed by atoms with E-state index in [2.05, 4.69) is 10.3 Å². The molecule has 0 aromatic carbocycles. The van der Waals surface area contributed by atoms with Gasteiger partial charge in [0.05, 0.1) is 4.88 Å². The fourth-order valence-corrected chi connectivity index (χ4v) is 3.96. The third kappa shape index (κ3) is 3.69. The summed E-state index contributed by atoms with van der Waals surface area (Å²) < 4.78 is 0. The van der Waals surface area contributed by atoms with Crippen molar-refractivity contribution in [2.45, 2.75) is 47.1 Å². The number of nitrogens with one attached hydrogen (secondary N) is 1. The number of aryl methyl sites for hydroxylation is 3. The molecule has 2 aromatic heterocycles. The Morgan fingerprint density at radius 1 is 1.30 bits per heavy atom. The molecule has 0 aliphatic heterocycles. The number of carboxylic acid groups (broad SMARTS) is 1. The summed E-state index contributed by atoms with van der Waals surface area (Å²) in [5, 5.41) is 12.9. The Morgan fingerprint density at radius 3 is 2.52 bits per heavy atom. The van der Waals surface area contributed by atoms with E-state index in [0.717, 1.165) is 27.0 Å². The Labute approximate surface area is 139 Å². The van der Waals surface area contributed by atoms with E-state index < -0.39 is 12.0 Å². The van der Waals surface area contributed by atoms with Crippen molar-refractivity contribution in [3.8, 4) is 0 Å². The summed E-state index contributed by atoms with van der Waals surface area (Å²) in [6.07, 6.45) is 0.404. The van der Waals surface area contributed by atoms with Crippen LogP contribution < -0.4 is 5.32 Å². The van der Waals surface area contributed by atoms with Gasteiger partial charge in [-0.05, 0) is 50.3 Å². The Morgan fingerprint density at radius 2 is 1.96 bits per heavy atom. The van der Waals surface area contributed by atoms with Crippen LogP contribution in [-0.4, -0.2) is 28.0 Å². The predicted molar refractivity (Wildman–Crippen MR) is 92.2 cm³/mol. The van der Waals surface area contributed by atoms with E-state index in [1.165, 1.54) is 11.3 Å². The minimum atomic E-state index is -1.00. The average molecular weight is 334 g/mol. The van der Waals surface area contributed by atoms with Crippen LogP contribution in [0.2, 0.25) is 0 Å². The van der Waals surface area contributed by atoms with E-state index >= 15 is 0 Å². The summed E-state index contributed by atoms with van der Waals surface area (Å²) in [5.74, 6) is -1.15. The number of aliphatic carboxylic acids is 1. The van der Waals surface area contributed by atoms with Crippen LogP contribution >= 0.6 is 11.3 Å². The quantitative estimate of drug-likeness (QED) is 0.878. The van der Waals surface area contributed by atoms with Gasteiger partial charge in [-0.3, -0.25) is 4.79 Å². The number of rotatable bonds is 5. The van der Waals surface area contributed by atoms with Crippen molar-refractivity contribution in [3.63, 3.8) is 0 Å². The lowest BCUT2D eigenvalue weighted by Crippen LogP contribution is -2.41. The lowest BCUT2D eigenvalue weighted by Gasteiger charge is -2.16. The number of carbonyl (C=O) groups is 2. The maximum atomic E-state index is 12.5. The van der Waals surface area contributed by atoms with Crippen LogP contribution in [-0.2, 0) is 4.79 Å². The first kappa shape index (κ1) is 17.4. The molecule has 0 bridgehead atoms. The van der Waals surface area contributed by atoms with Gasteiger partial charge in [-0.25, -0.2) is 9.78 Å². The van der Waals surface area contributed by atoms with E-state index in [1.807, 2.05) is 40.7 Å². The van der Waals surface area contributed by atoms with Gasteiger partial charge in [0, 0.05) is 11.1 Å². The van der Waals surface area contributed by atoms with Gasteiger partial charge in [0.25, 0.3) is 5.91 Å². The van der Waals surface area contributed by atoms with Crippen molar-refractivity contribution in [1.29, 1.82) is 0 Å². The summed E-state index contributed by atoms with van der Waals surface area (Å²) in [7, 11) is 0. The molecular formula is C17H22N2O3S. The van der Waals surface area contributed by atoms with Gasteiger partial charge in [0.15, 0.2) is 0 Å². The van der Waals surface area contributed by atoms with E-state index in [-0.39, 0.29) is 11.8 Å². The number of amides is 1. The summed E-state index contributed by atoms with van der Waals surface area (Å²) in [6, 6.07) is 1.12. The number of thiophene rings is 1. The van der Waals surface area contributed by atoms with Crippen molar-refractivity contribution in [1.82, 2.24) is 10.3 Å². The Balaban J connectivity index is 2.36. The number of aromatic nitrogens is 1. The highest BCUT2D eigenvalue weighted by atomic mass is 32.1. The van der Waals surface area contributed by atoms with E-state index in [0.29, 0.717) is 11.3 Å². The number of carboxylic acids is 1. The van der Waals surface area contributed by atoms with Crippen LogP contribution in [0.4, 0.5) is 0 Å². The van der Waals surface area contributed by atoms with Gasteiger partial charge >= 0.3 is 5.97 Å². The second kappa shape index (κ2) is 6.66. The third-order valence-electron chi connectivity index (χ3n) is 3.74. The lowest BCUT2D eigenvalue weighted by molar-refractivity contribution is -0.139. The van der Waals surface area contributed by atoms with Crippen molar-refractivity contribution >= 4 is 33.4 Å². The second-order valence-electron chi connectivity index (χ2n) is 6.31. The van der Waals surface area contributed by atoms with Crippen LogP contribution in [0, 0.1) is 26.7 Å². The van der Waals surface area contributed by atoms with Crippen molar-refractivity contribution < 1.29 is 14.7 Å². The normalized spacial score (nSPS) is 12.6. The standard InChI is InChI=1S/C17H22N2O3S/c1-8(2)6-12(17(21)22)19-15(20)14-11(5)13-9(3)7-10(4)18-16(13)23-14/h7-8,12H,6H2,1-5H3,(H,19,20)(H,21,22)/t12-/m0/s1. The fraction of sp³-hybridized carbons (Fsp3) is 0.471. The molecule has 0 saturated carbocycles. The van der Waals surface area contributed by atoms with Gasteiger partial charge in [0.1, 0.15) is 10.9 Å². The molecule has 2 rings (SSSR count). The lowest BCUT2D eigenvalue weighted by atomic mass is 10.0. The number of fused-ring (bicyclic) bond motifs is 1. The highest BCUT2D eigenvalue weighted by Gasteiger charge is 2.24. The number of pyridine rings is 1. The zero-order valence-corrected chi connectivity index (χ0v) is 14.9. The fourth-order valence-electron chi connectivity index (χ4n) is 2.75. The first-order valence-corrected chi connectivity index (χ1v) is 8.43. The molecule has 0 aliphatic carbocycles. The number of hydrogen-bond donors (Lipinski definition) is 2. The van der Waals surface area contributed by atoms with Gasteiger partial charge in [0.2, 0.25) is 0 Å². The Bertz CT molecular complexity index is 765. The smallest absolute Gasteiger partial charge is 0.326 e. The van der Waals surface area contributed by atoms with E-state index in [1.54, 1.807) is 0 Å². The van der Waals surface area contributed by atoms with Gasteiger partial charge < -0.3 is 10.4 Å². The molecule has 0 fully saturated rings. The Hall–Kier alpha value is -1.95. The van der Waals surface area contributed by atoms with Gasteiger partial charge in [-0.2, -0.15) is 0 Å². The molecule has 2 heterocycles. The molecule has 0 saturated heterocycles. The zero-order valence-electron chi connectivity index (χ0n) is 14.1. The largest absolute Gasteiger partial charge is 0.480 e. The molecule has 1 amide bonds. The first-order chi connectivity index (χ1) is 10.7. The van der Waals surface area contributed by atoms with Crippen LogP contribution in [0.15, 0.2) is 6.07 Å². The minimum absolute atomic E-state index is 0.187. The maximum Gasteiger partial charge on any atom is 0.326 e. The molecule has 0 aliphatic rings. The second-order valence-corrected chi connectivity index (χ2v) is 7.31. The SMILES string of the molecule is Cc1cc(C)c2c(C)c(C(=O)N[C@@H](CC(C)C)C(=O)O)sc2n1. The number of nitrogens with zero attached hydrogens (tertiary/aromatic N) is 1. The summed E-state index contributed by atoms with van der Waals surface area (Å²) in [5.41, 5.74) is 2.85. The first-order valence-electron chi connectivity index (χ1n) is 7.61. The molecule has 23 heavy (non-hydrogen) atoms. The maximum absolute atomic E-state index is 12.5. The molecule has 1 atom stereocenters. The summed E-state index contributed by atoms with van der Waals surface area (Å²) in [4.78, 5) is 29.7. The topological polar surface area (TPSA) is 79.3 Å². The number of hydrogen-bond acceptors (Lipinski definition) is 4. The molecule has 0 unspecified atom stereocenters. The number of carbonyl (C=O) groups excluding carboxylic acids is 1. The van der Waals surface area contributed by atoms with Gasteiger partial charge in [-0.1, -0.05) is 13.8 Å². The Kier molecular flexibility index (Phi) is 5.04. The highest BCUT2D eigenvalue weighted by molar-refractivity contribution is 7.20. The molecule has 0 radical (unpaired) electrons. The molecular weight excluding hydrogens is 312 g/mol. The summed E-state index contributed by atoms with van der Waals surface area (Å²) >= 11 is 1.32. The average Bonchev–Trinajstić information content (AvgIpc) is 2.74. The van der Waals surface area contributed by atoms with Crippen LogP contribution in [0.5, 0.6) is 0 Å². The molecule has 124 valence electrons. The molecule has 2 N–H and O–H groups in total. The highest BCUT2D eigenvalue weighted by Crippen LogP contribution is 2.32. The van der Waals surface area contributed by atoms with Crippen molar-refractivity contribution in [2.24, 2.45) is 5.92 Å².